The summed E-state index contributed by atoms with van der Waals surface area (Å²) < 4.78 is 5.37. The van der Waals surface area contributed by atoms with Crippen LogP contribution >= 0.6 is 24.0 Å². The van der Waals surface area contributed by atoms with Crippen LogP contribution in [0.15, 0.2) is 23.3 Å². The van der Waals surface area contributed by atoms with Gasteiger partial charge in [0.05, 0.1) is 13.2 Å². The number of aliphatic imine (C=N–C) groups is 1. The normalized spacial score (nSPS) is 15.5. The molecule has 1 aromatic heterocycles. The number of guanidine groups is 1. The molecule has 7 heteroatoms. The summed E-state index contributed by atoms with van der Waals surface area (Å²) in [5.41, 5.74) is 2.30. The molecule has 0 radical (unpaired) electrons. The van der Waals surface area contributed by atoms with E-state index < -0.39 is 0 Å². The number of nitrogens with zero attached hydrogens (tertiary/aromatic N) is 3. The molecule has 1 saturated heterocycles. The molecule has 0 bridgehead atoms. The Labute approximate surface area is 168 Å². The molecule has 142 valence electrons. The standard InChI is InChI=1S/C18H31N5O.HI/c1-3-19-18(20-8-4-10-23-11-13-24-14-12-23)21-9-7-17-6-5-16(2)22-15-17;/h5-6,15H,3-4,7-14H2,1-2H3,(H2,19,20,21);1H. The summed E-state index contributed by atoms with van der Waals surface area (Å²) in [6.07, 6.45) is 3.98. The molecule has 1 aliphatic heterocycles. The highest BCUT2D eigenvalue weighted by atomic mass is 127. The molecule has 2 rings (SSSR count). The minimum absolute atomic E-state index is 0. The molecule has 2 heterocycles. The SMILES string of the molecule is CCNC(=NCCCN1CCOCC1)NCCc1ccc(C)nc1.I. The number of nitrogens with one attached hydrogen (secondary N) is 2. The third kappa shape index (κ3) is 9.37. The first-order valence-electron chi connectivity index (χ1n) is 9.01. The van der Waals surface area contributed by atoms with Crippen LogP contribution in [0.2, 0.25) is 0 Å². The maximum atomic E-state index is 5.37. The summed E-state index contributed by atoms with van der Waals surface area (Å²) >= 11 is 0. The van der Waals surface area contributed by atoms with E-state index in [1.54, 1.807) is 0 Å². The van der Waals surface area contributed by atoms with Crippen LogP contribution in [0, 0.1) is 6.92 Å². The van der Waals surface area contributed by atoms with E-state index in [1.165, 1.54) is 5.56 Å². The minimum atomic E-state index is 0. The van der Waals surface area contributed by atoms with Crippen molar-refractivity contribution in [3.63, 3.8) is 0 Å². The van der Waals surface area contributed by atoms with E-state index in [9.17, 15) is 0 Å². The van der Waals surface area contributed by atoms with Gasteiger partial charge in [-0.05, 0) is 38.3 Å². The number of aryl methyl sites for hydroxylation is 1. The van der Waals surface area contributed by atoms with Crippen molar-refractivity contribution in [1.29, 1.82) is 0 Å². The second-order valence-corrected chi connectivity index (χ2v) is 6.05. The van der Waals surface area contributed by atoms with E-state index in [0.717, 1.165) is 77.0 Å². The highest BCUT2D eigenvalue weighted by molar-refractivity contribution is 14.0. The minimum Gasteiger partial charge on any atom is -0.379 e. The van der Waals surface area contributed by atoms with Gasteiger partial charge >= 0.3 is 0 Å². The van der Waals surface area contributed by atoms with Gasteiger partial charge in [0.2, 0.25) is 0 Å². The lowest BCUT2D eigenvalue weighted by molar-refractivity contribution is 0.0377. The van der Waals surface area contributed by atoms with Crippen molar-refractivity contribution in [3.05, 3.63) is 29.6 Å². The molecule has 2 N–H and O–H groups in total. The highest BCUT2D eigenvalue weighted by Gasteiger charge is 2.08. The smallest absolute Gasteiger partial charge is 0.191 e. The van der Waals surface area contributed by atoms with Crippen molar-refractivity contribution in [2.24, 2.45) is 4.99 Å². The fourth-order valence-electron chi connectivity index (χ4n) is 2.62. The molecule has 0 saturated carbocycles. The molecule has 0 amide bonds. The van der Waals surface area contributed by atoms with E-state index in [4.69, 9.17) is 4.74 Å². The second-order valence-electron chi connectivity index (χ2n) is 6.05. The predicted octanol–water partition coefficient (Wildman–Crippen LogP) is 1.83. The van der Waals surface area contributed by atoms with E-state index in [1.807, 2.05) is 13.1 Å². The summed E-state index contributed by atoms with van der Waals surface area (Å²) in [4.78, 5) is 11.4. The Balaban J connectivity index is 0.00000312. The van der Waals surface area contributed by atoms with Crippen molar-refractivity contribution in [2.45, 2.75) is 26.7 Å². The number of rotatable bonds is 8. The lowest BCUT2D eigenvalue weighted by Crippen LogP contribution is -2.39. The zero-order valence-electron chi connectivity index (χ0n) is 15.5. The molecule has 1 fully saturated rings. The summed E-state index contributed by atoms with van der Waals surface area (Å²) in [6.45, 7) is 11.6. The number of hydrogen-bond donors (Lipinski definition) is 2. The van der Waals surface area contributed by atoms with Crippen LogP contribution in [0.25, 0.3) is 0 Å². The van der Waals surface area contributed by atoms with E-state index in [-0.39, 0.29) is 24.0 Å². The average molecular weight is 461 g/mol. The molecule has 1 aromatic rings. The Bertz CT molecular complexity index is 489. The molecular weight excluding hydrogens is 429 g/mol. The molecule has 0 spiro atoms. The molecule has 25 heavy (non-hydrogen) atoms. The van der Waals surface area contributed by atoms with E-state index in [0.29, 0.717) is 0 Å². The fraction of sp³-hybridized carbons (Fsp3) is 0.667. The first-order valence-corrected chi connectivity index (χ1v) is 9.01. The van der Waals surface area contributed by atoms with Crippen molar-refractivity contribution >= 4 is 29.9 Å². The second kappa shape index (κ2) is 13.3. The van der Waals surface area contributed by atoms with Crippen LogP contribution in [0.1, 0.15) is 24.6 Å². The molecule has 0 unspecified atom stereocenters. The van der Waals surface area contributed by atoms with Gasteiger partial charge < -0.3 is 15.4 Å². The number of halogens is 1. The number of ether oxygens (including phenoxy) is 1. The lowest BCUT2D eigenvalue weighted by Gasteiger charge is -2.26. The van der Waals surface area contributed by atoms with Gasteiger partial charge in [-0.1, -0.05) is 6.07 Å². The quantitative estimate of drug-likeness (QED) is 0.268. The van der Waals surface area contributed by atoms with Crippen molar-refractivity contribution in [3.8, 4) is 0 Å². The van der Waals surface area contributed by atoms with Crippen LogP contribution in [0.3, 0.4) is 0 Å². The van der Waals surface area contributed by atoms with E-state index in [2.05, 4.69) is 44.6 Å². The summed E-state index contributed by atoms with van der Waals surface area (Å²) in [5, 5.41) is 6.71. The van der Waals surface area contributed by atoms with Crippen LogP contribution in [-0.2, 0) is 11.2 Å². The van der Waals surface area contributed by atoms with Crippen molar-refractivity contribution < 1.29 is 4.74 Å². The number of aromatic nitrogens is 1. The van der Waals surface area contributed by atoms with Gasteiger partial charge in [-0.15, -0.1) is 24.0 Å². The topological polar surface area (TPSA) is 61.8 Å². The Morgan fingerprint density at radius 2 is 2.08 bits per heavy atom. The third-order valence-electron chi connectivity index (χ3n) is 4.03. The first-order chi connectivity index (χ1) is 11.8. The van der Waals surface area contributed by atoms with Crippen LogP contribution in [0.5, 0.6) is 0 Å². The average Bonchev–Trinajstić information content (AvgIpc) is 2.61. The van der Waals surface area contributed by atoms with Gasteiger partial charge in [0.25, 0.3) is 0 Å². The summed E-state index contributed by atoms with van der Waals surface area (Å²) in [6, 6.07) is 4.19. The maximum Gasteiger partial charge on any atom is 0.191 e. The Hall–Kier alpha value is -0.930. The van der Waals surface area contributed by atoms with Gasteiger partial charge in [0, 0.05) is 51.2 Å². The van der Waals surface area contributed by atoms with Gasteiger partial charge in [0.15, 0.2) is 5.96 Å². The Morgan fingerprint density at radius 3 is 2.76 bits per heavy atom. The van der Waals surface area contributed by atoms with Crippen LogP contribution in [-0.4, -0.2) is 68.3 Å². The van der Waals surface area contributed by atoms with E-state index >= 15 is 0 Å². The van der Waals surface area contributed by atoms with Gasteiger partial charge in [-0.2, -0.15) is 0 Å². The van der Waals surface area contributed by atoms with Gasteiger partial charge in [-0.3, -0.25) is 14.9 Å². The van der Waals surface area contributed by atoms with Crippen molar-refractivity contribution in [2.75, 3.05) is 52.5 Å². The summed E-state index contributed by atoms with van der Waals surface area (Å²) in [5.74, 6) is 0.902. The third-order valence-corrected chi connectivity index (χ3v) is 4.03. The molecule has 6 nitrogen and oxygen atoms in total. The number of pyridine rings is 1. The number of morpholine rings is 1. The van der Waals surface area contributed by atoms with Crippen LogP contribution in [0.4, 0.5) is 0 Å². The lowest BCUT2D eigenvalue weighted by atomic mass is 10.2. The Kier molecular flexibility index (Phi) is 11.8. The molecule has 0 atom stereocenters. The zero-order valence-corrected chi connectivity index (χ0v) is 17.8. The monoisotopic (exact) mass is 461 g/mol. The van der Waals surface area contributed by atoms with Gasteiger partial charge in [0.1, 0.15) is 0 Å². The molecule has 0 aromatic carbocycles. The molecule has 0 aliphatic carbocycles. The molecule has 1 aliphatic rings. The van der Waals surface area contributed by atoms with Gasteiger partial charge in [-0.25, -0.2) is 0 Å². The predicted molar refractivity (Wildman–Crippen MR) is 114 cm³/mol. The maximum absolute atomic E-state index is 5.37. The summed E-state index contributed by atoms with van der Waals surface area (Å²) in [7, 11) is 0. The first kappa shape index (κ1) is 22.1. The fourth-order valence-corrected chi connectivity index (χ4v) is 2.62. The zero-order chi connectivity index (χ0) is 17.0. The molecular formula is C18H32IN5O. The highest BCUT2D eigenvalue weighted by Crippen LogP contribution is 2.00. The Morgan fingerprint density at radius 1 is 1.28 bits per heavy atom. The number of hydrogen-bond acceptors (Lipinski definition) is 4. The van der Waals surface area contributed by atoms with Crippen molar-refractivity contribution in [1.82, 2.24) is 20.5 Å². The van der Waals surface area contributed by atoms with Crippen LogP contribution < -0.4 is 10.6 Å². The largest absolute Gasteiger partial charge is 0.379 e.